The zero-order valence-electron chi connectivity index (χ0n) is 56.6. The van der Waals surface area contributed by atoms with Crippen molar-refractivity contribution in [2.75, 3.05) is 0 Å². The van der Waals surface area contributed by atoms with Crippen molar-refractivity contribution in [3.05, 3.63) is 389 Å². The second-order valence-corrected chi connectivity index (χ2v) is 26.1. The molecule has 0 radical (unpaired) electrons. The van der Waals surface area contributed by atoms with Crippen molar-refractivity contribution < 1.29 is 0 Å². The monoisotopic (exact) mass is 1320 g/mol. The van der Waals surface area contributed by atoms with Gasteiger partial charge in [-0.3, -0.25) is 9.97 Å². The zero-order chi connectivity index (χ0) is 69.1. The molecule has 104 heavy (non-hydrogen) atoms. The summed E-state index contributed by atoms with van der Waals surface area (Å²) in [6.07, 6.45) is 7.38. The fraction of sp³-hybridized carbons (Fsp3) is 0. The van der Waals surface area contributed by atoms with E-state index in [-0.39, 0.29) is 0 Å². The Hall–Kier alpha value is -13.9. The molecular formula is C98H64N6. The van der Waals surface area contributed by atoms with Gasteiger partial charge in [0.2, 0.25) is 0 Å². The lowest BCUT2D eigenvalue weighted by molar-refractivity contribution is 1.18. The molecule has 4 aromatic heterocycles. The van der Waals surface area contributed by atoms with Crippen LogP contribution in [0.4, 0.5) is 0 Å². The third kappa shape index (κ3) is 12.5. The maximum absolute atomic E-state index is 5.26. The fourth-order valence-corrected chi connectivity index (χ4v) is 14.5. The Labute approximate surface area is 603 Å². The standard InChI is InChI=1S/C55H35N3.C43H29N3/c1-2-15-45-37(10-1)11-8-20-46(45)38-23-27-40(28-24-38)54-34-53(39-25-21-36(22-26-39)44-14-9-31-56-35-44)57-55(58-54)43-13-7-12-41(32-43)42-29-30-51-49-18-4-3-16-47(49)48-17-5-6-19-50(48)52(51)33-42;1-2-9-30(10-3-1)36-13-6-14-37(27-36)42-28-41(34-22-18-31(19-23-34)38-15-8-26-44-29-38)45-43(46-42)35-24-20-33(21-25-35)40-17-7-12-32-11-4-5-16-39(32)40/h1-35H;1-29H. The van der Waals surface area contributed by atoms with Crippen molar-refractivity contribution in [3.63, 3.8) is 0 Å². The van der Waals surface area contributed by atoms with Crippen LogP contribution in [0.25, 0.3) is 188 Å². The molecule has 0 aliphatic heterocycles. The van der Waals surface area contributed by atoms with Gasteiger partial charge in [-0.05, 0) is 163 Å². The number of pyridine rings is 2. The largest absolute Gasteiger partial charge is 0.264 e. The van der Waals surface area contributed by atoms with E-state index >= 15 is 0 Å². The van der Waals surface area contributed by atoms with Crippen LogP contribution in [-0.4, -0.2) is 29.9 Å². The average Bonchev–Trinajstić information content (AvgIpc) is 0.748. The first kappa shape index (κ1) is 62.3. The first-order valence-corrected chi connectivity index (χ1v) is 35.1. The lowest BCUT2D eigenvalue weighted by Crippen LogP contribution is -1.96. The summed E-state index contributed by atoms with van der Waals surface area (Å²) in [6.45, 7) is 0. The molecule has 19 rings (SSSR count). The van der Waals surface area contributed by atoms with Crippen LogP contribution in [0.5, 0.6) is 0 Å². The highest BCUT2D eigenvalue weighted by Gasteiger charge is 2.18. The van der Waals surface area contributed by atoms with Gasteiger partial charge < -0.3 is 0 Å². The molecule has 0 spiro atoms. The molecule has 0 atom stereocenters. The highest BCUT2D eigenvalue weighted by atomic mass is 14.9. The summed E-state index contributed by atoms with van der Waals surface area (Å²) >= 11 is 0. The molecule has 0 aliphatic rings. The highest BCUT2D eigenvalue weighted by molar-refractivity contribution is 6.25. The minimum absolute atomic E-state index is 0.682. The minimum atomic E-state index is 0.682. The van der Waals surface area contributed by atoms with Gasteiger partial charge in [-0.15, -0.1) is 0 Å². The molecule has 486 valence electrons. The average molecular weight is 1330 g/mol. The number of nitrogens with zero attached hydrogens (tertiary/aromatic N) is 6. The summed E-state index contributed by atoms with van der Waals surface area (Å²) in [5.74, 6) is 1.37. The number of benzene rings is 15. The second-order valence-electron chi connectivity index (χ2n) is 26.1. The maximum atomic E-state index is 5.26. The number of rotatable bonds is 12. The third-order valence-electron chi connectivity index (χ3n) is 19.8. The van der Waals surface area contributed by atoms with Gasteiger partial charge in [-0.1, -0.05) is 322 Å². The molecule has 0 amide bonds. The molecule has 0 bridgehead atoms. The molecule has 19 aromatic rings. The molecule has 0 aliphatic carbocycles. The van der Waals surface area contributed by atoms with Gasteiger partial charge in [-0.25, -0.2) is 19.9 Å². The SMILES string of the molecule is c1ccc(-c2cccc(-c3cc(-c4ccc(-c5cccnc5)cc4)nc(-c4ccc(-c5cccc6ccccc56)cc4)n3)c2)cc1.c1cncc(-c2ccc(-c3cc(-c4ccc(-c5cccc6ccccc56)cc4)nc(-c4cccc(-c5ccc6c7ccccc7c7ccccc7c6c5)c4)n3)cc2)c1. The Morgan fingerprint density at radius 3 is 0.952 bits per heavy atom. The smallest absolute Gasteiger partial charge is 0.160 e. The zero-order valence-corrected chi connectivity index (χ0v) is 56.6. The van der Waals surface area contributed by atoms with Gasteiger partial charge in [0.1, 0.15) is 0 Å². The summed E-state index contributed by atoms with van der Waals surface area (Å²) in [5.41, 5.74) is 23.3. The third-order valence-corrected chi connectivity index (χ3v) is 19.8. The molecular weight excluding hydrogens is 1260 g/mol. The highest BCUT2D eigenvalue weighted by Crippen LogP contribution is 2.40. The van der Waals surface area contributed by atoms with Crippen LogP contribution >= 0.6 is 0 Å². The summed E-state index contributed by atoms with van der Waals surface area (Å²) in [4.78, 5) is 29.3. The van der Waals surface area contributed by atoms with Crippen molar-refractivity contribution >= 4 is 53.9 Å². The van der Waals surface area contributed by atoms with E-state index in [9.17, 15) is 0 Å². The van der Waals surface area contributed by atoms with E-state index in [1.165, 1.54) is 81.7 Å². The van der Waals surface area contributed by atoms with Crippen molar-refractivity contribution in [3.8, 4) is 135 Å². The van der Waals surface area contributed by atoms with Crippen molar-refractivity contribution in [2.24, 2.45) is 0 Å². The molecule has 4 heterocycles. The normalized spacial score (nSPS) is 11.3. The summed E-state index contributed by atoms with van der Waals surface area (Å²) in [6, 6.07) is 129. The Bertz CT molecular complexity index is 6320. The molecule has 0 saturated carbocycles. The summed E-state index contributed by atoms with van der Waals surface area (Å²) < 4.78 is 0. The molecule has 0 fully saturated rings. The quantitative estimate of drug-likeness (QED) is 0.113. The van der Waals surface area contributed by atoms with Crippen LogP contribution in [0.2, 0.25) is 0 Å². The first-order chi connectivity index (χ1) is 51.5. The van der Waals surface area contributed by atoms with Crippen molar-refractivity contribution in [1.29, 1.82) is 0 Å². The van der Waals surface area contributed by atoms with Crippen LogP contribution in [0.1, 0.15) is 0 Å². The van der Waals surface area contributed by atoms with Crippen LogP contribution in [0.3, 0.4) is 0 Å². The van der Waals surface area contributed by atoms with Crippen LogP contribution in [-0.2, 0) is 0 Å². The topological polar surface area (TPSA) is 77.3 Å². The van der Waals surface area contributed by atoms with E-state index in [4.69, 9.17) is 19.9 Å². The van der Waals surface area contributed by atoms with Gasteiger partial charge in [0.05, 0.1) is 22.8 Å². The predicted molar refractivity (Wildman–Crippen MR) is 432 cm³/mol. The van der Waals surface area contributed by atoms with Gasteiger partial charge in [0.25, 0.3) is 0 Å². The summed E-state index contributed by atoms with van der Waals surface area (Å²) in [5, 5.41) is 12.5. The van der Waals surface area contributed by atoms with Crippen molar-refractivity contribution in [1.82, 2.24) is 29.9 Å². The van der Waals surface area contributed by atoms with Gasteiger partial charge in [0, 0.05) is 58.2 Å². The lowest BCUT2D eigenvalue weighted by Gasteiger charge is -2.13. The van der Waals surface area contributed by atoms with Gasteiger partial charge in [-0.2, -0.15) is 0 Å². The number of hydrogen-bond donors (Lipinski definition) is 0. The van der Waals surface area contributed by atoms with E-state index in [1.807, 2.05) is 30.6 Å². The Kier molecular flexibility index (Phi) is 16.6. The molecule has 15 aromatic carbocycles. The number of fused-ring (bicyclic) bond motifs is 8. The second kappa shape index (κ2) is 27.6. The predicted octanol–water partition coefficient (Wildman–Crippen LogP) is 25.5. The molecule has 0 saturated heterocycles. The first-order valence-electron chi connectivity index (χ1n) is 35.1. The molecule has 0 unspecified atom stereocenters. The maximum Gasteiger partial charge on any atom is 0.160 e. The van der Waals surface area contributed by atoms with Crippen molar-refractivity contribution in [2.45, 2.75) is 0 Å². The Morgan fingerprint density at radius 2 is 0.462 bits per heavy atom. The van der Waals surface area contributed by atoms with Gasteiger partial charge >= 0.3 is 0 Å². The van der Waals surface area contributed by atoms with Gasteiger partial charge in [0.15, 0.2) is 11.6 Å². The van der Waals surface area contributed by atoms with Crippen LogP contribution in [0, 0.1) is 0 Å². The number of aromatic nitrogens is 6. The molecule has 0 N–H and O–H groups in total. The van der Waals surface area contributed by atoms with E-state index in [0.717, 1.165) is 95.1 Å². The molecule has 6 heteroatoms. The minimum Gasteiger partial charge on any atom is -0.264 e. The Balaban J connectivity index is 0.000000152. The number of hydrogen-bond acceptors (Lipinski definition) is 6. The Morgan fingerprint density at radius 1 is 0.154 bits per heavy atom. The fourth-order valence-electron chi connectivity index (χ4n) is 14.5. The molecule has 6 nitrogen and oxygen atoms in total. The van der Waals surface area contributed by atoms with E-state index in [0.29, 0.717) is 11.6 Å². The lowest BCUT2D eigenvalue weighted by atomic mass is 9.92. The van der Waals surface area contributed by atoms with E-state index in [2.05, 4.69) is 356 Å². The van der Waals surface area contributed by atoms with E-state index < -0.39 is 0 Å². The van der Waals surface area contributed by atoms with E-state index in [1.54, 1.807) is 12.4 Å². The van der Waals surface area contributed by atoms with Crippen LogP contribution < -0.4 is 0 Å². The summed E-state index contributed by atoms with van der Waals surface area (Å²) in [7, 11) is 0. The van der Waals surface area contributed by atoms with Crippen LogP contribution in [0.15, 0.2) is 389 Å².